The Bertz CT molecular complexity index is 208. The summed E-state index contributed by atoms with van der Waals surface area (Å²) < 4.78 is 6.57. The van der Waals surface area contributed by atoms with Gasteiger partial charge >= 0.3 is 0 Å². The molecule has 0 saturated carbocycles. The fourth-order valence-corrected chi connectivity index (χ4v) is 77.8. The minimum absolute atomic E-state index is 1.01. The standard InChI is InChI=1S/C8H24OSi4/c1-10(2)9-11(3,4)13(7,8)12(10,5)6/h1-8H3. The Morgan fingerprint density at radius 1 is 0.538 bits per heavy atom. The molecule has 0 aromatic carbocycles. The van der Waals surface area contributed by atoms with E-state index >= 15 is 0 Å². The maximum atomic E-state index is 6.57. The summed E-state index contributed by atoms with van der Waals surface area (Å²) in [6, 6.07) is 0. The van der Waals surface area contributed by atoms with Crippen molar-refractivity contribution in [2.75, 3.05) is 0 Å². The van der Waals surface area contributed by atoms with Gasteiger partial charge in [0.2, 0.25) is 0 Å². The molecule has 0 N–H and O–H groups in total. The minimum atomic E-state index is -1.28. The molecule has 0 aliphatic carbocycles. The molecule has 1 aliphatic rings. The van der Waals surface area contributed by atoms with Crippen molar-refractivity contribution in [2.45, 2.75) is 52.4 Å². The fourth-order valence-electron chi connectivity index (χ4n) is 2.40. The Balaban J connectivity index is 3.24. The largest absolute Gasteiger partial charge is 0.460 e. The lowest BCUT2D eigenvalue weighted by molar-refractivity contribution is 0.589. The maximum Gasteiger partial charge on any atom is 0.157 e. The van der Waals surface area contributed by atoms with Gasteiger partial charge in [-0.25, -0.2) is 0 Å². The molecule has 0 unspecified atom stereocenters. The van der Waals surface area contributed by atoms with E-state index in [1.807, 2.05) is 0 Å². The lowest BCUT2D eigenvalue weighted by atomic mass is 11.9. The quantitative estimate of drug-likeness (QED) is 0.599. The van der Waals surface area contributed by atoms with Crippen LogP contribution in [0.2, 0.25) is 52.4 Å². The third kappa shape index (κ3) is 1.31. The third-order valence-electron chi connectivity index (χ3n) is 5.08. The molecule has 0 atom stereocenters. The van der Waals surface area contributed by atoms with Gasteiger partial charge < -0.3 is 4.12 Å². The van der Waals surface area contributed by atoms with Crippen molar-refractivity contribution in [3.63, 3.8) is 0 Å². The predicted molar refractivity (Wildman–Crippen MR) is 71.0 cm³/mol. The van der Waals surface area contributed by atoms with E-state index in [9.17, 15) is 0 Å². The van der Waals surface area contributed by atoms with Crippen LogP contribution in [-0.2, 0) is 4.12 Å². The average Bonchev–Trinajstić information content (AvgIpc) is 1.88. The second-order valence-corrected chi connectivity index (χ2v) is 45.0. The number of rotatable bonds is 0. The number of hydrogen-bond donors (Lipinski definition) is 0. The van der Waals surface area contributed by atoms with Crippen LogP contribution in [0.15, 0.2) is 0 Å². The summed E-state index contributed by atoms with van der Waals surface area (Å²) in [6.07, 6.45) is 0. The van der Waals surface area contributed by atoms with Crippen LogP contribution in [0.1, 0.15) is 0 Å². The van der Waals surface area contributed by atoms with E-state index < -0.39 is 29.9 Å². The van der Waals surface area contributed by atoms with E-state index in [4.69, 9.17) is 4.12 Å². The topological polar surface area (TPSA) is 9.23 Å². The van der Waals surface area contributed by atoms with Gasteiger partial charge in [-0.2, -0.15) is 0 Å². The Kier molecular flexibility index (Phi) is 2.46. The molecule has 1 fully saturated rings. The summed E-state index contributed by atoms with van der Waals surface area (Å²) in [5, 5.41) is 0. The first-order valence-electron chi connectivity index (χ1n) is 5.16. The van der Waals surface area contributed by atoms with Crippen LogP contribution in [0, 0.1) is 0 Å². The highest BCUT2D eigenvalue weighted by atomic mass is 29.9. The predicted octanol–water partition coefficient (Wildman–Crippen LogP) is 3.08. The van der Waals surface area contributed by atoms with E-state index in [0.29, 0.717) is 0 Å². The van der Waals surface area contributed by atoms with E-state index in [1.165, 1.54) is 0 Å². The van der Waals surface area contributed by atoms with Gasteiger partial charge in [0, 0.05) is 0 Å². The molecule has 1 aliphatic heterocycles. The summed E-state index contributed by atoms with van der Waals surface area (Å²) in [5.74, 6) is 0. The van der Waals surface area contributed by atoms with Crippen molar-refractivity contribution in [1.29, 1.82) is 0 Å². The summed E-state index contributed by atoms with van der Waals surface area (Å²) in [6.45, 7) is 20.3. The molecule has 1 nitrogen and oxygen atoms in total. The van der Waals surface area contributed by atoms with Crippen LogP contribution >= 0.6 is 0 Å². The highest BCUT2D eigenvalue weighted by Crippen LogP contribution is 2.44. The van der Waals surface area contributed by atoms with Gasteiger partial charge in [0.05, 0.1) is 14.2 Å². The molecule has 0 bridgehead atoms. The Morgan fingerprint density at radius 3 is 0.846 bits per heavy atom. The molecule has 0 aromatic heterocycles. The zero-order valence-corrected chi connectivity index (χ0v) is 14.4. The van der Waals surface area contributed by atoms with Crippen LogP contribution in [0.4, 0.5) is 0 Å². The molecule has 0 spiro atoms. The average molecular weight is 249 g/mol. The van der Waals surface area contributed by atoms with Crippen molar-refractivity contribution in [3.8, 4) is 0 Å². The number of hydrogen-bond acceptors (Lipinski definition) is 1. The van der Waals surface area contributed by atoms with Gasteiger partial charge in [-0.05, 0) is 26.2 Å². The van der Waals surface area contributed by atoms with Crippen LogP contribution < -0.4 is 0 Å². The second kappa shape index (κ2) is 2.69. The molecule has 5 heteroatoms. The van der Waals surface area contributed by atoms with Gasteiger partial charge in [0.25, 0.3) is 0 Å². The smallest absolute Gasteiger partial charge is 0.157 e. The van der Waals surface area contributed by atoms with Gasteiger partial charge in [0.15, 0.2) is 15.7 Å². The van der Waals surface area contributed by atoms with Crippen LogP contribution in [0.5, 0.6) is 0 Å². The molecular weight excluding hydrogens is 224 g/mol. The normalized spacial score (nSPS) is 33.2. The van der Waals surface area contributed by atoms with Crippen LogP contribution in [0.3, 0.4) is 0 Å². The highest BCUT2D eigenvalue weighted by Gasteiger charge is 2.68. The Labute approximate surface area is 86.5 Å². The molecule has 13 heavy (non-hydrogen) atoms. The van der Waals surface area contributed by atoms with Crippen molar-refractivity contribution in [2.24, 2.45) is 0 Å². The van der Waals surface area contributed by atoms with Crippen LogP contribution in [-0.4, -0.2) is 29.9 Å². The van der Waals surface area contributed by atoms with E-state index in [0.717, 1.165) is 0 Å². The molecular formula is C8H24OSi4. The first-order valence-corrected chi connectivity index (χ1v) is 20.0. The monoisotopic (exact) mass is 248 g/mol. The lowest BCUT2D eigenvalue weighted by Gasteiger charge is -2.39. The van der Waals surface area contributed by atoms with E-state index in [2.05, 4.69) is 52.4 Å². The zero-order valence-electron chi connectivity index (χ0n) is 10.4. The zero-order chi connectivity index (χ0) is 10.7. The molecule has 0 aromatic rings. The summed E-state index contributed by atoms with van der Waals surface area (Å²) in [5.41, 5.74) is 0. The summed E-state index contributed by atoms with van der Waals surface area (Å²) >= 11 is 0. The van der Waals surface area contributed by atoms with Crippen molar-refractivity contribution >= 4 is 29.9 Å². The molecule has 1 rings (SSSR count). The molecule has 0 radical (unpaired) electrons. The summed E-state index contributed by atoms with van der Waals surface area (Å²) in [4.78, 5) is 0. The van der Waals surface area contributed by atoms with Crippen molar-refractivity contribution < 1.29 is 4.12 Å². The van der Waals surface area contributed by atoms with Gasteiger partial charge in [-0.3, -0.25) is 0 Å². The van der Waals surface area contributed by atoms with E-state index in [1.54, 1.807) is 0 Å². The molecule has 1 saturated heterocycles. The second-order valence-electron chi connectivity index (χ2n) is 6.37. The fraction of sp³-hybridized carbons (Fsp3) is 1.00. The summed E-state index contributed by atoms with van der Waals surface area (Å²) in [7, 11) is -4.58. The van der Waals surface area contributed by atoms with Crippen molar-refractivity contribution in [1.82, 2.24) is 0 Å². The van der Waals surface area contributed by atoms with Gasteiger partial charge in [-0.15, -0.1) is 0 Å². The third-order valence-corrected chi connectivity index (χ3v) is 71.9. The Hall–Kier alpha value is 0.828. The molecule has 78 valence electrons. The Morgan fingerprint density at radius 2 is 0.769 bits per heavy atom. The van der Waals surface area contributed by atoms with Crippen LogP contribution in [0.25, 0.3) is 0 Å². The van der Waals surface area contributed by atoms with Gasteiger partial charge in [-0.1, -0.05) is 26.2 Å². The minimum Gasteiger partial charge on any atom is -0.460 e. The highest BCUT2D eigenvalue weighted by molar-refractivity contribution is 7.85. The molecule has 0 amide bonds. The maximum absolute atomic E-state index is 6.57. The van der Waals surface area contributed by atoms with Crippen molar-refractivity contribution in [3.05, 3.63) is 0 Å². The first kappa shape index (κ1) is 11.9. The van der Waals surface area contributed by atoms with Gasteiger partial charge in [0.1, 0.15) is 0 Å². The first-order chi connectivity index (χ1) is 5.46. The lowest BCUT2D eigenvalue weighted by Crippen LogP contribution is -2.69. The van der Waals surface area contributed by atoms with E-state index in [-0.39, 0.29) is 0 Å². The SMILES string of the molecule is C[Si]1(C)O[Si](C)(C)[Si](C)(C)[Si]1(C)C. The molecule has 1 heterocycles.